The third kappa shape index (κ3) is 7.68. The molecule has 0 amide bonds. The van der Waals surface area contributed by atoms with Crippen LogP contribution < -0.4 is 21.2 Å². The van der Waals surface area contributed by atoms with Crippen LogP contribution >= 0.6 is 14.5 Å². The SMILES string of the molecule is CCC[P+](Cc1ccc(Cc2ccc(C[P+](CCC)(c3ccccc3)c3ccccc3)cc2)cc1)(c1ccccc1)c1ccccc1. The molecule has 6 rings (SSSR count). The van der Waals surface area contributed by atoms with Gasteiger partial charge in [0.1, 0.15) is 0 Å². The van der Waals surface area contributed by atoms with Gasteiger partial charge in [0.05, 0.1) is 60.4 Å². The summed E-state index contributed by atoms with van der Waals surface area (Å²) in [5.41, 5.74) is 5.64. The fourth-order valence-corrected chi connectivity index (χ4v) is 16.2. The van der Waals surface area contributed by atoms with Crippen molar-refractivity contribution in [3.8, 4) is 0 Å². The molecule has 0 heterocycles. The summed E-state index contributed by atoms with van der Waals surface area (Å²) < 4.78 is 0. The summed E-state index contributed by atoms with van der Waals surface area (Å²) in [5, 5.41) is 6.06. The number of hydrogen-bond donors (Lipinski definition) is 0. The van der Waals surface area contributed by atoms with Gasteiger partial charge in [-0.15, -0.1) is 0 Å². The first kappa shape index (κ1) is 33.1. The predicted octanol–water partition coefficient (Wildman–Crippen LogP) is 10.4. The molecule has 0 saturated heterocycles. The highest BCUT2D eigenvalue weighted by Crippen LogP contribution is 2.60. The molecule has 236 valence electrons. The standard InChI is InChI=1S/C45H48P2/c1-3-33-46(42-17-9-5-10-18-42,43-19-11-6-12-20-43)36-40-29-25-38(26-30-40)35-39-27-31-41(32-28-39)37-47(34-4-2,44-21-13-7-14-22-44)45-23-15-8-16-24-45/h5-32H,3-4,33-37H2,1-2H3/q+2. The van der Waals surface area contributed by atoms with Crippen LogP contribution in [0.4, 0.5) is 0 Å². The molecule has 0 saturated carbocycles. The predicted molar refractivity (Wildman–Crippen MR) is 212 cm³/mol. The molecule has 2 heteroatoms. The molecule has 6 aromatic rings. The van der Waals surface area contributed by atoms with Gasteiger partial charge in [0.15, 0.2) is 0 Å². The Morgan fingerprint density at radius 2 is 0.574 bits per heavy atom. The molecule has 0 aliphatic rings. The van der Waals surface area contributed by atoms with Crippen LogP contribution in [0.5, 0.6) is 0 Å². The maximum Gasteiger partial charge on any atom is 0.0995 e. The van der Waals surface area contributed by atoms with Crippen LogP contribution in [0.25, 0.3) is 0 Å². The summed E-state index contributed by atoms with van der Waals surface area (Å²) in [6.45, 7) is 4.67. The molecule has 0 aromatic heterocycles. The van der Waals surface area contributed by atoms with Gasteiger partial charge in [-0.25, -0.2) is 0 Å². The van der Waals surface area contributed by atoms with Crippen molar-refractivity contribution in [2.24, 2.45) is 0 Å². The number of hydrogen-bond acceptors (Lipinski definition) is 0. The Balaban J connectivity index is 1.21. The Bertz CT molecular complexity index is 1560. The van der Waals surface area contributed by atoms with Crippen LogP contribution in [0.1, 0.15) is 48.9 Å². The van der Waals surface area contributed by atoms with Crippen molar-refractivity contribution < 1.29 is 0 Å². The smallest absolute Gasteiger partial charge is 0.0620 e. The lowest BCUT2D eigenvalue weighted by Gasteiger charge is -2.27. The van der Waals surface area contributed by atoms with Gasteiger partial charge in [-0.05, 0) is 90.0 Å². The van der Waals surface area contributed by atoms with E-state index in [0.29, 0.717) is 0 Å². The van der Waals surface area contributed by atoms with Gasteiger partial charge in [-0.1, -0.05) is 135 Å². The Morgan fingerprint density at radius 1 is 0.319 bits per heavy atom. The van der Waals surface area contributed by atoms with Gasteiger partial charge < -0.3 is 0 Å². The first-order valence-corrected chi connectivity index (χ1v) is 21.6. The Kier molecular flexibility index (Phi) is 11.2. The second kappa shape index (κ2) is 15.8. The van der Waals surface area contributed by atoms with Gasteiger partial charge in [0, 0.05) is 0 Å². The van der Waals surface area contributed by atoms with Crippen molar-refractivity contribution in [2.75, 3.05) is 12.3 Å². The molecule has 0 fully saturated rings. The lowest BCUT2D eigenvalue weighted by Crippen LogP contribution is -2.26. The number of benzene rings is 6. The van der Waals surface area contributed by atoms with E-state index in [1.165, 1.54) is 68.6 Å². The Morgan fingerprint density at radius 3 is 0.830 bits per heavy atom. The van der Waals surface area contributed by atoms with E-state index < -0.39 is 14.5 Å². The highest BCUT2D eigenvalue weighted by atomic mass is 31.2. The van der Waals surface area contributed by atoms with Crippen LogP contribution in [0.2, 0.25) is 0 Å². The van der Waals surface area contributed by atoms with E-state index >= 15 is 0 Å². The molecule has 0 spiro atoms. The third-order valence-electron chi connectivity index (χ3n) is 9.57. The molecule has 0 atom stereocenters. The van der Waals surface area contributed by atoms with Gasteiger partial charge in [0.2, 0.25) is 0 Å². The van der Waals surface area contributed by atoms with Crippen molar-refractivity contribution in [2.45, 2.75) is 45.4 Å². The highest BCUT2D eigenvalue weighted by molar-refractivity contribution is 7.89. The molecule has 0 aliphatic carbocycles. The average molecular weight is 651 g/mol. The quantitative estimate of drug-likeness (QED) is 0.103. The van der Waals surface area contributed by atoms with E-state index in [0.717, 1.165) is 18.7 Å². The minimum Gasteiger partial charge on any atom is -0.0620 e. The summed E-state index contributed by atoms with van der Waals surface area (Å²) in [6, 6.07) is 64.2. The molecule has 0 radical (unpaired) electrons. The lowest BCUT2D eigenvalue weighted by molar-refractivity contribution is 1.08. The summed E-state index contributed by atoms with van der Waals surface area (Å²) >= 11 is 0. The zero-order valence-electron chi connectivity index (χ0n) is 28.0. The zero-order valence-corrected chi connectivity index (χ0v) is 29.8. The van der Waals surface area contributed by atoms with Crippen LogP contribution in [0, 0.1) is 0 Å². The normalized spacial score (nSPS) is 11.8. The maximum absolute atomic E-state index is 2.39. The van der Waals surface area contributed by atoms with Crippen molar-refractivity contribution >= 4 is 35.7 Å². The fraction of sp³-hybridized carbons (Fsp3) is 0.200. The highest BCUT2D eigenvalue weighted by Gasteiger charge is 2.43. The van der Waals surface area contributed by atoms with Crippen LogP contribution in [0.3, 0.4) is 0 Å². The topological polar surface area (TPSA) is 0 Å². The van der Waals surface area contributed by atoms with E-state index in [9.17, 15) is 0 Å². The first-order chi connectivity index (χ1) is 23.1. The molecule has 0 unspecified atom stereocenters. The summed E-state index contributed by atoms with van der Waals surface area (Å²) in [6.07, 6.45) is 8.00. The molecule has 6 aromatic carbocycles. The van der Waals surface area contributed by atoms with Gasteiger partial charge in [-0.2, -0.15) is 0 Å². The fourth-order valence-electron chi connectivity index (χ4n) is 7.34. The van der Waals surface area contributed by atoms with Crippen LogP contribution in [0.15, 0.2) is 170 Å². The van der Waals surface area contributed by atoms with E-state index in [2.05, 4.69) is 184 Å². The van der Waals surface area contributed by atoms with Gasteiger partial charge >= 0.3 is 0 Å². The van der Waals surface area contributed by atoms with E-state index in [1.807, 2.05) is 0 Å². The van der Waals surface area contributed by atoms with Crippen LogP contribution in [-0.4, -0.2) is 12.3 Å². The molecule has 0 N–H and O–H groups in total. The first-order valence-electron chi connectivity index (χ1n) is 17.3. The minimum absolute atomic E-state index is 0.958. The summed E-state index contributed by atoms with van der Waals surface area (Å²) in [7, 11) is -3.15. The van der Waals surface area contributed by atoms with E-state index in [1.54, 1.807) is 0 Å². The largest absolute Gasteiger partial charge is 0.0995 e. The molecular formula is C45H48P2+2. The minimum atomic E-state index is -1.57. The average Bonchev–Trinajstić information content (AvgIpc) is 3.14. The van der Waals surface area contributed by atoms with Crippen molar-refractivity contribution in [1.29, 1.82) is 0 Å². The lowest BCUT2D eigenvalue weighted by atomic mass is 10.0. The molecular weight excluding hydrogens is 602 g/mol. The van der Waals surface area contributed by atoms with E-state index in [-0.39, 0.29) is 0 Å². The molecule has 47 heavy (non-hydrogen) atoms. The second-order valence-electron chi connectivity index (χ2n) is 12.9. The van der Waals surface area contributed by atoms with Gasteiger partial charge in [-0.3, -0.25) is 0 Å². The number of rotatable bonds is 14. The van der Waals surface area contributed by atoms with Crippen molar-refractivity contribution in [3.05, 3.63) is 192 Å². The molecule has 0 bridgehead atoms. The summed E-state index contributed by atoms with van der Waals surface area (Å²) in [4.78, 5) is 0. The summed E-state index contributed by atoms with van der Waals surface area (Å²) in [5.74, 6) is 0. The van der Waals surface area contributed by atoms with Crippen molar-refractivity contribution in [1.82, 2.24) is 0 Å². The second-order valence-corrected chi connectivity index (χ2v) is 20.3. The maximum atomic E-state index is 2.39. The van der Waals surface area contributed by atoms with Crippen LogP contribution in [-0.2, 0) is 18.7 Å². The Labute approximate surface area is 284 Å². The molecule has 0 aliphatic heterocycles. The third-order valence-corrected chi connectivity index (χ3v) is 18.9. The molecule has 0 nitrogen and oxygen atoms in total. The van der Waals surface area contributed by atoms with Gasteiger partial charge in [0.25, 0.3) is 0 Å². The monoisotopic (exact) mass is 650 g/mol. The van der Waals surface area contributed by atoms with E-state index in [4.69, 9.17) is 0 Å². The Hall–Kier alpha value is -3.82. The zero-order chi connectivity index (χ0) is 32.4. The van der Waals surface area contributed by atoms with Crippen molar-refractivity contribution in [3.63, 3.8) is 0 Å².